The van der Waals surface area contributed by atoms with Gasteiger partial charge in [-0.25, -0.2) is 9.36 Å². The van der Waals surface area contributed by atoms with Gasteiger partial charge in [-0.15, -0.1) is 0 Å². The number of hydrogen-bond acceptors (Lipinski definition) is 6. The maximum Gasteiger partial charge on any atom is 0.362 e. The molecule has 11 heteroatoms. The van der Waals surface area contributed by atoms with E-state index in [1.54, 1.807) is 36.4 Å². The highest BCUT2D eigenvalue weighted by Crippen LogP contribution is 2.43. The second kappa shape index (κ2) is 8.01. The molecule has 5 rings (SSSR count). The molecule has 0 aliphatic carbocycles. The van der Waals surface area contributed by atoms with Crippen molar-refractivity contribution in [2.45, 2.75) is 5.92 Å². The molecule has 0 saturated heterocycles. The molecule has 1 aliphatic rings. The number of oxazole rings is 2. The molecule has 3 heterocycles. The highest BCUT2D eigenvalue weighted by atomic mass is 35.5. The number of fused-ring (bicyclic) bond motifs is 3. The fourth-order valence-electron chi connectivity index (χ4n) is 3.80. The quantitative estimate of drug-likeness (QED) is 0.423. The second-order valence-electron chi connectivity index (χ2n) is 7.03. The topological polar surface area (TPSA) is 111 Å². The Hall–Kier alpha value is -3.15. The standard InChI is InChI=1S/C22H10Cl4N4O3/c23-11-3-1-4-12(24)9(11)7-15-21(31)32-19-10(8-27)16(17-13(25)5-2-6-14(17)26)18-20(30(15)19)33-22(28)29-18/h1-7,16H,(H2,28,29)/b15-7+/t16-/m1/s1. The average Bonchev–Trinajstić information content (AvgIpc) is 3.29. The van der Waals surface area contributed by atoms with Crippen molar-refractivity contribution >= 4 is 64.1 Å². The zero-order valence-electron chi connectivity index (χ0n) is 16.3. The van der Waals surface area contributed by atoms with Gasteiger partial charge in [-0.05, 0) is 30.3 Å². The van der Waals surface area contributed by atoms with Gasteiger partial charge in [0, 0.05) is 31.2 Å². The lowest BCUT2D eigenvalue weighted by Crippen LogP contribution is -2.35. The summed E-state index contributed by atoms with van der Waals surface area (Å²) < 4.78 is 12.5. The Balaban J connectivity index is 1.95. The average molecular weight is 520 g/mol. The lowest BCUT2D eigenvalue weighted by molar-refractivity contribution is 0.455. The number of halogens is 4. The Bertz CT molecular complexity index is 1640. The molecule has 0 unspecified atom stereocenters. The summed E-state index contributed by atoms with van der Waals surface area (Å²) in [6, 6.07) is 11.8. The van der Waals surface area contributed by atoms with E-state index in [-0.39, 0.29) is 34.1 Å². The third-order valence-corrected chi connectivity index (χ3v) is 6.50. The Morgan fingerprint density at radius 1 is 1.03 bits per heavy atom. The molecule has 0 amide bonds. The molecule has 0 radical (unpaired) electrons. The van der Waals surface area contributed by atoms with Crippen molar-refractivity contribution in [3.05, 3.63) is 94.6 Å². The van der Waals surface area contributed by atoms with E-state index in [2.05, 4.69) is 11.1 Å². The third-order valence-electron chi connectivity index (χ3n) is 5.18. The van der Waals surface area contributed by atoms with Crippen LogP contribution in [-0.2, 0) is 0 Å². The molecular formula is C22H10Cl4N4O3. The molecule has 33 heavy (non-hydrogen) atoms. The van der Waals surface area contributed by atoms with E-state index in [0.29, 0.717) is 31.2 Å². The van der Waals surface area contributed by atoms with E-state index in [9.17, 15) is 10.1 Å². The van der Waals surface area contributed by atoms with E-state index in [4.69, 9.17) is 61.0 Å². The first-order valence-electron chi connectivity index (χ1n) is 9.34. The molecule has 1 atom stereocenters. The van der Waals surface area contributed by atoms with Gasteiger partial charge in [0.1, 0.15) is 22.7 Å². The minimum absolute atomic E-state index is 0.00820. The lowest BCUT2D eigenvalue weighted by atomic mass is 9.87. The molecule has 0 bridgehead atoms. The van der Waals surface area contributed by atoms with Crippen LogP contribution in [0.15, 0.2) is 50.0 Å². The first-order valence-corrected chi connectivity index (χ1v) is 10.9. The van der Waals surface area contributed by atoms with Crippen LogP contribution in [0.5, 0.6) is 0 Å². The van der Waals surface area contributed by atoms with Crippen LogP contribution in [0.3, 0.4) is 0 Å². The number of benzene rings is 2. The molecule has 164 valence electrons. The monoisotopic (exact) mass is 518 g/mol. The normalized spacial score (nSPS) is 15.3. The lowest BCUT2D eigenvalue weighted by Gasteiger charge is -2.21. The van der Waals surface area contributed by atoms with Crippen LogP contribution in [-0.4, -0.2) is 9.55 Å². The maximum absolute atomic E-state index is 12.9. The van der Waals surface area contributed by atoms with Crippen molar-refractivity contribution in [3.8, 4) is 12.0 Å². The van der Waals surface area contributed by atoms with Crippen molar-refractivity contribution in [1.82, 2.24) is 9.55 Å². The van der Waals surface area contributed by atoms with Crippen LogP contribution in [0.25, 0.3) is 17.5 Å². The number of nitrogens with two attached hydrogens (primary N) is 1. The van der Waals surface area contributed by atoms with E-state index in [1.807, 2.05) is 0 Å². The van der Waals surface area contributed by atoms with Gasteiger partial charge >= 0.3 is 5.63 Å². The number of hydrogen-bond donors (Lipinski definition) is 1. The number of nitriles is 1. The summed E-state index contributed by atoms with van der Waals surface area (Å²) in [5.41, 5.74) is 6.14. The Labute approximate surface area is 205 Å². The van der Waals surface area contributed by atoms with E-state index in [0.717, 1.165) is 0 Å². The van der Waals surface area contributed by atoms with Crippen LogP contribution in [0.1, 0.15) is 22.7 Å². The molecule has 2 aromatic heterocycles. The number of nitrogens with zero attached hydrogens (tertiary/aromatic N) is 3. The fraction of sp³-hybridized carbons (Fsp3) is 0.0455. The summed E-state index contributed by atoms with van der Waals surface area (Å²) >= 11 is 25.4. The van der Waals surface area contributed by atoms with Crippen LogP contribution >= 0.6 is 46.4 Å². The van der Waals surface area contributed by atoms with Gasteiger partial charge < -0.3 is 14.6 Å². The van der Waals surface area contributed by atoms with Crippen LogP contribution in [0, 0.1) is 11.3 Å². The summed E-state index contributed by atoms with van der Waals surface area (Å²) in [7, 11) is 0. The zero-order valence-corrected chi connectivity index (χ0v) is 19.3. The van der Waals surface area contributed by atoms with Gasteiger partial charge in [0.15, 0.2) is 0 Å². The largest absolute Gasteiger partial charge is 0.406 e. The first-order chi connectivity index (χ1) is 15.8. The molecule has 0 spiro atoms. The van der Waals surface area contributed by atoms with Crippen molar-refractivity contribution in [2.24, 2.45) is 0 Å². The molecular weight excluding hydrogens is 510 g/mol. The molecule has 2 aromatic carbocycles. The molecule has 1 aliphatic heterocycles. The molecule has 2 N–H and O–H groups in total. The van der Waals surface area contributed by atoms with E-state index < -0.39 is 11.5 Å². The summed E-state index contributed by atoms with van der Waals surface area (Å²) in [6.45, 7) is 0. The molecule has 7 nitrogen and oxygen atoms in total. The van der Waals surface area contributed by atoms with Gasteiger partial charge in [0.25, 0.3) is 6.01 Å². The number of aromatic nitrogens is 2. The molecule has 0 fully saturated rings. The summed E-state index contributed by atoms with van der Waals surface area (Å²) in [5.74, 6) is -0.794. The molecule has 0 saturated carbocycles. The minimum Gasteiger partial charge on any atom is -0.406 e. The van der Waals surface area contributed by atoms with Gasteiger partial charge in [-0.2, -0.15) is 10.2 Å². The SMILES string of the molecule is N#CC1=c2oc(=O)/c(=C\c3c(Cl)cccc3Cl)n2-c2oc(N)nc2[C@H]1c1c(Cl)cccc1Cl. The Kier molecular flexibility index (Phi) is 5.26. The highest BCUT2D eigenvalue weighted by Gasteiger charge is 2.38. The number of anilines is 1. The summed E-state index contributed by atoms with van der Waals surface area (Å²) in [4.78, 5) is 17.2. The van der Waals surface area contributed by atoms with Crippen molar-refractivity contribution in [3.63, 3.8) is 0 Å². The van der Waals surface area contributed by atoms with Crippen molar-refractivity contribution in [1.29, 1.82) is 5.26 Å². The smallest absolute Gasteiger partial charge is 0.362 e. The first kappa shape index (κ1) is 21.7. The maximum atomic E-state index is 12.9. The Morgan fingerprint density at radius 3 is 2.24 bits per heavy atom. The zero-order chi connectivity index (χ0) is 23.4. The number of rotatable bonds is 2. The number of nitrogen functional groups attached to an aromatic ring is 1. The molecule has 4 aromatic rings. The van der Waals surface area contributed by atoms with Gasteiger partial charge in [-0.1, -0.05) is 58.5 Å². The minimum atomic E-state index is -0.880. The summed E-state index contributed by atoms with van der Waals surface area (Å²) in [5, 5.41) is 11.3. The predicted octanol–water partition coefficient (Wildman–Crippen LogP) is 4.26. The van der Waals surface area contributed by atoms with Gasteiger partial charge in [0.2, 0.25) is 11.4 Å². The fourth-order valence-corrected chi connectivity index (χ4v) is 4.92. The third kappa shape index (κ3) is 3.35. The Morgan fingerprint density at radius 2 is 1.64 bits per heavy atom. The highest BCUT2D eigenvalue weighted by molar-refractivity contribution is 6.37. The van der Waals surface area contributed by atoms with Crippen molar-refractivity contribution < 1.29 is 8.83 Å². The van der Waals surface area contributed by atoms with Crippen LogP contribution < -0.4 is 22.3 Å². The second-order valence-corrected chi connectivity index (χ2v) is 8.66. The van der Waals surface area contributed by atoms with Crippen molar-refractivity contribution in [2.75, 3.05) is 5.73 Å². The van der Waals surface area contributed by atoms with Gasteiger partial charge in [0.05, 0.1) is 5.92 Å². The predicted molar refractivity (Wildman–Crippen MR) is 125 cm³/mol. The van der Waals surface area contributed by atoms with Crippen LogP contribution in [0.4, 0.5) is 6.01 Å². The van der Waals surface area contributed by atoms with Crippen LogP contribution in [0.2, 0.25) is 20.1 Å². The van der Waals surface area contributed by atoms with E-state index >= 15 is 0 Å². The van der Waals surface area contributed by atoms with E-state index in [1.165, 1.54) is 10.6 Å². The van der Waals surface area contributed by atoms with Gasteiger partial charge in [-0.3, -0.25) is 0 Å². The summed E-state index contributed by atoms with van der Waals surface area (Å²) in [6.07, 6.45) is 1.44.